The molecule has 0 aromatic heterocycles. The van der Waals surface area contributed by atoms with E-state index in [1.54, 1.807) is 12.1 Å². The molecule has 1 heterocycles. The van der Waals surface area contributed by atoms with Crippen LogP contribution in [0.3, 0.4) is 0 Å². The summed E-state index contributed by atoms with van der Waals surface area (Å²) in [7, 11) is 0. The molecule has 0 N–H and O–H groups in total. The first kappa shape index (κ1) is 17.0. The maximum absolute atomic E-state index is 11.2. The Bertz CT molecular complexity index is 1010. The van der Waals surface area contributed by atoms with E-state index < -0.39 is 0 Å². The van der Waals surface area contributed by atoms with Crippen LogP contribution < -0.4 is 5.01 Å². The Morgan fingerprint density at radius 2 is 1.74 bits per heavy atom. The van der Waals surface area contributed by atoms with Crippen molar-refractivity contribution in [2.45, 2.75) is 19.4 Å². The van der Waals surface area contributed by atoms with E-state index in [-0.39, 0.29) is 16.7 Å². The number of anilines is 1. The van der Waals surface area contributed by atoms with Gasteiger partial charge in [0.05, 0.1) is 22.4 Å². The number of nitro benzene ring substituents is 1. The molecule has 0 amide bonds. The van der Waals surface area contributed by atoms with Gasteiger partial charge in [0.15, 0.2) is 0 Å². The van der Waals surface area contributed by atoms with Gasteiger partial charge in [-0.05, 0) is 29.7 Å². The van der Waals surface area contributed by atoms with Gasteiger partial charge in [-0.3, -0.25) is 15.1 Å². The van der Waals surface area contributed by atoms with Crippen molar-refractivity contribution in [2.24, 2.45) is 5.10 Å². The lowest BCUT2D eigenvalue weighted by Crippen LogP contribution is -2.19. The molecule has 0 aliphatic carbocycles. The molecule has 0 radical (unpaired) electrons. The molecule has 5 nitrogen and oxygen atoms in total. The molecule has 5 heteroatoms. The third-order valence-corrected chi connectivity index (χ3v) is 4.85. The van der Waals surface area contributed by atoms with Crippen LogP contribution in [-0.4, -0.2) is 10.6 Å². The van der Waals surface area contributed by atoms with Crippen LogP contribution in [0.5, 0.6) is 0 Å². The van der Waals surface area contributed by atoms with E-state index in [1.807, 2.05) is 59.6 Å². The number of nitrogens with zero attached hydrogens (tertiary/aromatic N) is 3. The zero-order chi connectivity index (χ0) is 18.8. The monoisotopic (exact) mass is 357 g/mol. The number of aryl methyl sites for hydroxylation is 1. The van der Waals surface area contributed by atoms with Gasteiger partial charge in [-0.1, -0.05) is 60.7 Å². The lowest BCUT2D eigenvalue weighted by molar-refractivity contribution is -0.384. The Morgan fingerprint density at radius 1 is 1.00 bits per heavy atom. The molecule has 1 aliphatic rings. The van der Waals surface area contributed by atoms with Crippen molar-refractivity contribution in [3.05, 3.63) is 106 Å². The summed E-state index contributed by atoms with van der Waals surface area (Å²) >= 11 is 0. The van der Waals surface area contributed by atoms with Crippen LogP contribution in [-0.2, 0) is 0 Å². The molecule has 134 valence electrons. The molecule has 0 saturated carbocycles. The van der Waals surface area contributed by atoms with Crippen LogP contribution in [0.1, 0.15) is 29.2 Å². The SMILES string of the molecule is Cc1ccccc1N1N=C(c2ccccc2)CC1c1cccc([N+](=O)[O-])c1. The lowest BCUT2D eigenvalue weighted by Gasteiger charge is -2.25. The molecular formula is C22H19N3O2. The van der Waals surface area contributed by atoms with Gasteiger partial charge in [0.1, 0.15) is 0 Å². The fraction of sp³-hybridized carbons (Fsp3) is 0.136. The summed E-state index contributed by atoms with van der Waals surface area (Å²) in [6.07, 6.45) is 0.694. The fourth-order valence-corrected chi connectivity index (χ4v) is 3.46. The van der Waals surface area contributed by atoms with Gasteiger partial charge < -0.3 is 0 Å². The fourth-order valence-electron chi connectivity index (χ4n) is 3.46. The topological polar surface area (TPSA) is 58.7 Å². The maximum atomic E-state index is 11.2. The summed E-state index contributed by atoms with van der Waals surface area (Å²) in [5.41, 5.74) is 5.18. The van der Waals surface area contributed by atoms with Gasteiger partial charge in [0, 0.05) is 18.6 Å². The van der Waals surface area contributed by atoms with E-state index in [0.29, 0.717) is 6.42 Å². The highest BCUT2D eigenvalue weighted by molar-refractivity contribution is 6.03. The Balaban J connectivity index is 1.79. The first-order chi connectivity index (χ1) is 13.1. The molecule has 0 fully saturated rings. The molecular weight excluding hydrogens is 338 g/mol. The predicted molar refractivity (Wildman–Crippen MR) is 107 cm³/mol. The standard InChI is InChI=1S/C22H19N3O2/c1-16-8-5-6-13-21(16)24-22(18-11-7-12-19(14-18)25(26)27)15-20(23-24)17-9-3-2-4-10-17/h2-14,22H,15H2,1H3. The summed E-state index contributed by atoms with van der Waals surface area (Å²) in [6, 6.07) is 24.9. The highest BCUT2D eigenvalue weighted by Crippen LogP contribution is 2.38. The van der Waals surface area contributed by atoms with Gasteiger partial charge >= 0.3 is 0 Å². The molecule has 3 aromatic carbocycles. The molecule has 0 saturated heterocycles. The van der Waals surface area contributed by atoms with Gasteiger partial charge in [0.2, 0.25) is 0 Å². The Morgan fingerprint density at radius 3 is 2.48 bits per heavy atom. The molecule has 0 spiro atoms. The predicted octanol–water partition coefficient (Wildman–Crippen LogP) is 5.26. The van der Waals surface area contributed by atoms with Crippen molar-refractivity contribution in [1.29, 1.82) is 0 Å². The summed E-state index contributed by atoms with van der Waals surface area (Å²) in [5.74, 6) is 0. The van der Waals surface area contributed by atoms with Crippen molar-refractivity contribution < 1.29 is 4.92 Å². The molecule has 1 unspecified atom stereocenters. The third kappa shape index (κ3) is 3.31. The summed E-state index contributed by atoms with van der Waals surface area (Å²) < 4.78 is 0. The quantitative estimate of drug-likeness (QED) is 0.473. The molecule has 3 aromatic rings. The number of rotatable bonds is 4. The Kier molecular flexibility index (Phi) is 4.42. The second-order valence-corrected chi connectivity index (χ2v) is 6.62. The number of hydrazone groups is 1. The van der Waals surface area contributed by atoms with Crippen molar-refractivity contribution in [3.8, 4) is 0 Å². The lowest BCUT2D eigenvalue weighted by atomic mass is 9.97. The molecule has 1 atom stereocenters. The minimum Gasteiger partial charge on any atom is -0.258 e. The largest absolute Gasteiger partial charge is 0.269 e. The highest BCUT2D eigenvalue weighted by atomic mass is 16.6. The van der Waals surface area contributed by atoms with Crippen LogP contribution in [0.15, 0.2) is 84.0 Å². The summed E-state index contributed by atoms with van der Waals surface area (Å²) in [6.45, 7) is 2.05. The number of hydrogen-bond donors (Lipinski definition) is 0. The van der Waals surface area contributed by atoms with Crippen LogP contribution >= 0.6 is 0 Å². The van der Waals surface area contributed by atoms with Crippen molar-refractivity contribution in [3.63, 3.8) is 0 Å². The second-order valence-electron chi connectivity index (χ2n) is 6.62. The van der Waals surface area contributed by atoms with E-state index >= 15 is 0 Å². The molecule has 27 heavy (non-hydrogen) atoms. The van der Waals surface area contributed by atoms with Gasteiger partial charge in [-0.2, -0.15) is 5.10 Å². The minimum atomic E-state index is -0.352. The minimum absolute atomic E-state index is 0.0822. The van der Waals surface area contributed by atoms with Crippen LogP contribution in [0.4, 0.5) is 11.4 Å². The number of benzene rings is 3. The van der Waals surface area contributed by atoms with Gasteiger partial charge in [-0.25, -0.2) is 0 Å². The zero-order valence-electron chi connectivity index (χ0n) is 14.9. The van der Waals surface area contributed by atoms with E-state index in [9.17, 15) is 10.1 Å². The zero-order valence-corrected chi connectivity index (χ0v) is 14.9. The number of non-ortho nitro benzene ring substituents is 1. The Labute approximate surface area is 157 Å². The first-order valence-corrected chi connectivity index (χ1v) is 8.85. The number of hydrogen-bond acceptors (Lipinski definition) is 4. The van der Waals surface area contributed by atoms with E-state index in [1.165, 1.54) is 6.07 Å². The molecule has 4 rings (SSSR count). The van der Waals surface area contributed by atoms with Gasteiger partial charge in [0.25, 0.3) is 5.69 Å². The van der Waals surface area contributed by atoms with E-state index in [0.717, 1.165) is 28.1 Å². The third-order valence-electron chi connectivity index (χ3n) is 4.85. The van der Waals surface area contributed by atoms with Gasteiger partial charge in [-0.15, -0.1) is 0 Å². The molecule has 0 bridgehead atoms. The normalized spacial score (nSPS) is 16.3. The van der Waals surface area contributed by atoms with Crippen molar-refractivity contribution in [2.75, 3.05) is 5.01 Å². The maximum Gasteiger partial charge on any atom is 0.269 e. The van der Waals surface area contributed by atoms with E-state index in [2.05, 4.69) is 13.0 Å². The average molecular weight is 357 g/mol. The van der Waals surface area contributed by atoms with Crippen LogP contribution in [0.2, 0.25) is 0 Å². The van der Waals surface area contributed by atoms with E-state index in [4.69, 9.17) is 5.10 Å². The Hall–Kier alpha value is -3.47. The summed E-state index contributed by atoms with van der Waals surface area (Å²) in [5, 5.41) is 18.1. The number of nitro groups is 1. The molecule has 1 aliphatic heterocycles. The number of para-hydroxylation sites is 1. The van der Waals surface area contributed by atoms with Crippen molar-refractivity contribution >= 4 is 17.1 Å². The van der Waals surface area contributed by atoms with Crippen molar-refractivity contribution in [1.82, 2.24) is 0 Å². The van der Waals surface area contributed by atoms with Crippen LogP contribution in [0.25, 0.3) is 0 Å². The summed E-state index contributed by atoms with van der Waals surface area (Å²) in [4.78, 5) is 10.9. The second kappa shape index (κ2) is 7.03. The first-order valence-electron chi connectivity index (χ1n) is 8.85. The average Bonchev–Trinajstić information content (AvgIpc) is 3.14. The highest BCUT2D eigenvalue weighted by Gasteiger charge is 2.31. The smallest absolute Gasteiger partial charge is 0.258 e. The van der Waals surface area contributed by atoms with Crippen LogP contribution in [0, 0.1) is 17.0 Å².